The summed E-state index contributed by atoms with van der Waals surface area (Å²) in [5, 5.41) is 6.41. The summed E-state index contributed by atoms with van der Waals surface area (Å²) < 4.78 is 0. The summed E-state index contributed by atoms with van der Waals surface area (Å²) in [5.74, 6) is 0.0859. The molecule has 0 saturated carbocycles. The van der Waals surface area contributed by atoms with E-state index in [4.69, 9.17) is 0 Å². The molecule has 1 aromatic rings. The minimum atomic E-state index is -0.114. The van der Waals surface area contributed by atoms with E-state index in [1.165, 1.54) is 11.1 Å². The van der Waals surface area contributed by atoms with Gasteiger partial charge in [0.2, 0.25) is 5.91 Å². The first-order valence-corrected chi connectivity index (χ1v) is 7.11. The SMILES string of the molecule is CCC(C)(C)NC(=O)CNC1Cc2ccccc2C1. The van der Waals surface area contributed by atoms with E-state index in [-0.39, 0.29) is 11.4 Å². The molecule has 0 unspecified atom stereocenters. The highest BCUT2D eigenvalue weighted by molar-refractivity contribution is 5.78. The zero-order chi connectivity index (χ0) is 13.9. The molecule has 3 heteroatoms. The molecule has 0 aromatic heterocycles. The van der Waals surface area contributed by atoms with E-state index < -0.39 is 0 Å². The molecule has 0 atom stereocenters. The van der Waals surface area contributed by atoms with Crippen molar-refractivity contribution < 1.29 is 4.79 Å². The lowest BCUT2D eigenvalue weighted by atomic mass is 10.0. The van der Waals surface area contributed by atoms with Crippen molar-refractivity contribution in [1.29, 1.82) is 0 Å². The lowest BCUT2D eigenvalue weighted by Gasteiger charge is -2.25. The van der Waals surface area contributed by atoms with Gasteiger partial charge in [0.05, 0.1) is 6.54 Å². The Morgan fingerprint density at radius 1 is 1.26 bits per heavy atom. The normalized spacial score (nSPS) is 15.3. The molecule has 1 aromatic carbocycles. The van der Waals surface area contributed by atoms with Gasteiger partial charge in [-0.2, -0.15) is 0 Å². The average molecular weight is 260 g/mol. The third-order valence-corrected chi connectivity index (χ3v) is 3.96. The van der Waals surface area contributed by atoms with Crippen LogP contribution in [0.4, 0.5) is 0 Å². The number of carbonyl (C=O) groups excluding carboxylic acids is 1. The van der Waals surface area contributed by atoms with Crippen LogP contribution in [-0.4, -0.2) is 24.0 Å². The summed E-state index contributed by atoms with van der Waals surface area (Å²) in [7, 11) is 0. The van der Waals surface area contributed by atoms with Crippen molar-refractivity contribution >= 4 is 5.91 Å². The van der Waals surface area contributed by atoms with E-state index in [0.29, 0.717) is 12.6 Å². The van der Waals surface area contributed by atoms with E-state index in [0.717, 1.165) is 19.3 Å². The average Bonchev–Trinajstić information content (AvgIpc) is 2.78. The number of benzene rings is 1. The summed E-state index contributed by atoms with van der Waals surface area (Å²) in [5.41, 5.74) is 2.71. The second-order valence-electron chi connectivity index (χ2n) is 6.04. The summed E-state index contributed by atoms with van der Waals surface area (Å²) >= 11 is 0. The summed E-state index contributed by atoms with van der Waals surface area (Å²) in [6, 6.07) is 8.91. The van der Waals surface area contributed by atoms with Gasteiger partial charge in [-0.1, -0.05) is 31.2 Å². The van der Waals surface area contributed by atoms with Crippen LogP contribution < -0.4 is 10.6 Å². The van der Waals surface area contributed by atoms with Crippen LogP contribution in [0.1, 0.15) is 38.3 Å². The largest absolute Gasteiger partial charge is 0.350 e. The fraction of sp³-hybridized carbons (Fsp3) is 0.562. The van der Waals surface area contributed by atoms with Crippen molar-refractivity contribution in [3.8, 4) is 0 Å². The zero-order valence-electron chi connectivity index (χ0n) is 12.1. The van der Waals surface area contributed by atoms with Gasteiger partial charge >= 0.3 is 0 Å². The van der Waals surface area contributed by atoms with Gasteiger partial charge in [0.1, 0.15) is 0 Å². The van der Waals surface area contributed by atoms with E-state index in [2.05, 4.69) is 55.7 Å². The Morgan fingerprint density at radius 3 is 2.37 bits per heavy atom. The van der Waals surface area contributed by atoms with Crippen molar-refractivity contribution in [1.82, 2.24) is 10.6 Å². The van der Waals surface area contributed by atoms with Crippen LogP contribution in [0.5, 0.6) is 0 Å². The topological polar surface area (TPSA) is 41.1 Å². The monoisotopic (exact) mass is 260 g/mol. The molecule has 3 nitrogen and oxygen atoms in total. The molecule has 2 rings (SSSR count). The Balaban J connectivity index is 1.78. The number of hydrogen-bond acceptors (Lipinski definition) is 2. The third-order valence-electron chi connectivity index (χ3n) is 3.96. The molecule has 0 spiro atoms. The van der Waals surface area contributed by atoms with Gasteiger partial charge in [0.25, 0.3) is 0 Å². The highest BCUT2D eigenvalue weighted by Crippen LogP contribution is 2.21. The third kappa shape index (κ3) is 3.80. The van der Waals surface area contributed by atoms with Crippen LogP contribution in [0.2, 0.25) is 0 Å². The van der Waals surface area contributed by atoms with Gasteiger partial charge in [-0.05, 0) is 44.2 Å². The van der Waals surface area contributed by atoms with E-state index in [9.17, 15) is 4.79 Å². The first-order chi connectivity index (χ1) is 9.00. The molecule has 0 radical (unpaired) electrons. The molecule has 0 saturated heterocycles. The minimum absolute atomic E-state index is 0.0859. The molecule has 1 aliphatic carbocycles. The molecule has 0 heterocycles. The van der Waals surface area contributed by atoms with Crippen LogP contribution in [0, 0.1) is 0 Å². The molecular weight excluding hydrogens is 236 g/mol. The molecule has 0 bridgehead atoms. The molecule has 0 fully saturated rings. The quantitative estimate of drug-likeness (QED) is 0.850. The molecule has 1 aliphatic rings. The number of carbonyl (C=O) groups is 1. The highest BCUT2D eigenvalue weighted by atomic mass is 16.2. The predicted octanol–water partition coefficient (Wildman–Crippen LogP) is 2.05. The van der Waals surface area contributed by atoms with Gasteiger partial charge < -0.3 is 10.6 Å². The van der Waals surface area contributed by atoms with Crippen molar-refractivity contribution in [2.75, 3.05) is 6.54 Å². The Morgan fingerprint density at radius 2 is 1.84 bits per heavy atom. The maximum Gasteiger partial charge on any atom is 0.234 e. The fourth-order valence-corrected chi connectivity index (χ4v) is 2.45. The number of nitrogens with one attached hydrogen (secondary N) is 2. The predicted molar refractivity (Wildman–Crippen MR) is 78.2 cm³/mol. The smallest absolute Gasteiger partial charge is 0.234 e. The maximum atomic E-state index is 11.9. The number of hydrogen-bond donors (Lipinski definition) is 2. The standard InChI is InChI=1S/C16H24N2O/c1-4-16(2,3)18-15(19)11-17-14-9-12-7-5-6-8-13(12)10-14/h5-8,14,17H,4,9-11H2,1-3H3,(H,18,19). The van der Waals surface area contributed by atoms with E-state index in [1.807, 2.05) is 0 Å². The van der Waals surface area contributed by atoms with Crippen LogP contribution in [0.25, 0.3) is 0 Å². The Kier molecular flexibility index (Phi) is 4.25. The van der Waals surface area contributed by atoms with Crippen LogP contribution >= 0.6 is 0 Å². The molecular formula is C16H24N2O. The first kappa shape index (κ1) is 14.1. The van der Waals surface area contributed by atoms with Crippen molar-refractivity contribution in [3.63, 3.8) is 0 Å². The Hall–Kier alpha value is -1.35. The molecule has 1 amide bonds. The van der Waals surface area contributed by atoms with Crippen molar-refractivity contribution in [2.45, 2.75) is 51.6 Å². The Labute approximate surface area is 115 Å². The van der Waals surface area contributed by atoms with Gasteiger partial charge in [-0.25, -0.2) is 0 Å². The number of rotatable bonds is 5. The Bertz CT molecular complexity index is 429. The van der Waals surface area contributed by atoms with E-state index >= 15 is 0 Å². The summed E-state index contributed by atoms with van der Waals surface area (Å²) in [4.78, 5) is 11.9. The highest BCUT2D eigenvalue weighted by Gasteiger charge is 2.22. The first-order valence-electron chi connectivity index (χ1n) is 7.11. The molecule has 2 N–H and O–H groups in total. The van der Waals surface area contributed by atoms with Gasteiger partial charge in [-0.15, -0.1) is 0 Å². The fourth-order valence-electron chi connectivity index (χ4n) is 2.45. The lowest BCUT2D eigenvalue weighted by molar-refractivity contribution is -0.122. The molecule has 0 aliphatic heterocycles. The molecule has 19 heavy (non-hydrogen) atoms. The number of amides is 1. The maximum absolute atomic E-state index is 11.9. The van der Waals surface area contributed by atoms with Crippen LogP contribution in [0.3, 0.4) is 0 Å². The summed E-state index contributed by atoms with van der Waals surface area (Å²) in [6.07, 6.45) is 2.99. The number of fused-ring (bicyclic) bond motifs is 1. The van der Waals surface area contributed by atoms with Crippen molar-refractivity contribution in [2.24, 2.45) is 0 Å². The summed E-state index contributed by atoms with van der Waals surface area (Å²) in [6.45, 7) is 6.59. The zero-order valence-corrected chi connectivity index (χ0v) is 12.1. The van der Waals surface area contributed by atoms with Crippen molar-refractivity contribution in [3.05, 3.63) is 35.4 Å². The van der Waals surface area contributed by atoms with Gasteiger partial charge in [0.15, 0.2) is 0 Å². The van der Waals surface area contributed by atoms with Crippen LogP contribution in [0.15, 0.2) is 24.3 Å². The molecule has 104 valence electrons. The minimum Gasteiger partial charge on any atom is -0.350 e. The van der Waals surface area contributed by atoms with Gasteiger partial charge in [0, 0.05) is 11.6 Å². The second kappa shape index (κ2) is 5.74. The van der Waals surface area contributed by atoms with E-state index in [1.54, 1.807) is 0 Å². The van der Waals surface area contributed by atoms with Gasteiger partial charge in [-0.3, -0.25) is 4.79 Å². The van der Waals surface area contributed by atoms with Crippen LogP contribution in [-0.2, 0) is 17.6 Å². The second-order valence-corrected chi connectivity index (χ2v) is 6.04. The lowest BCUT2D eigenvalue weighted by Crippen LogP contribution is -2.48.